The smallest absolute Gasteiger partial charge is 0.407 e. The summed E-state index contributed by atoms with van der Waals surface area (Å²) >= 11 is 0. The standard InChI is InChI=1S/C16H11FN2O2/c17-13-9-8-12(7-6-11-4-2-1-3-5-11)18-15(13)14-10-21-16(20)19-14/h1-5,8-9,14H,10H2,(H,19,20). The Morgan fingerprint density at radius 1 is 1.19 bits per heavy atom. The number of cyclic esters (lactones) is 1. The Hall–Kier alpha value is -2.87. The van der Waals surface area contributed by atoms with Gasteiger partial charge in [-0.15, -0.1) is 0 Å². The number of carbonyl (C=O) groups excluding carboxylic acids is 1. The Bertz CT molecular complexity index is 735. The van der Waals surface area contributed by atoms with Crippen LogP contribution in [0.5, 0.6) is 0 Å². The molecule has 1 aromatic carbocycles. The van der Waals surface area contributed by atoms with Gasteiger partial charge in [0.05, 0.1) is 0 Å². The largest absolute Gasteiger partial charge is 0.447 e. The molecule has 0 aliphatic carbocycles. The molecular weight excluding hydrogens is 271 g/mol. The molecule has 1 atom stereocenters. The summed E-state index contributed by atoms with van der Waals surface area (Å²) in [4.78, 5) is 15.2. The van der Waals surface area contributed by atoms with Crippen LogP contribution in [0.3, 0.4) is 0 Å². The zero-order valence-corrected chi connectivity index (χ0v) is 11.0. The van der Waals surface area contributed by atoms with Crippen molar-refractivity contribution >= 4 is 6.09 Å². The van der Waals surface area contributed by atoms with Crippen LogP contribution in [0, 0.1) is 17.7 Å². The van der Waals surface area contributed by atoms with Gasteiger partial charge in [0, 0.05) is 5.56 Å². The molecule has 104 valence electrons. The number of pyridine rings is 1. The molecule has 3 rings (SSSR count). The molecule has 1 saturated heterocycles. The number of nitrogens with zero attached hydrogens (tertiary/aromatic N) is 1. The van der Waals surface area contributed by atoms with Crippen LogP contribution in [0.15, 0.2) is 42.5 Å². The van der Waals surface area contributed by atoms with E-state index in [1.54, 1.807) is 0 Å². The fraction of sp³-hybridized carbons (Fsp3) is 0.125. The van der Waals surface area contributed by atoms with Crippen LogP contribution in [-0.2, 0) is 4.74 Å². The molecule has 1 aromatic heterocycles. The monoisotopic (exact) mass is 282 g/mol. The number of nitrogens with one attached hydrogen (secondary N) is 1. The summed E-state index contributed by atoms with van der Waals surface area (Å²) in [5, 5.41) is 2.50. The maximum atomic E-state index is 13.8. The summed E-state index contributed by atoms with van der Waals surface area (Å²) in [5.74, 6) is 5.35. The zero-order valence-electron chi connectivity index (χ0n) is 11.0. The molecular formula is C16H11FN2O2. The third kappa shape index (κ3) is 3.00. The third-order valence-electron chi connectivity index (χ3n) is 2.99. The predicted molar refractivity (Wildman–Crippen MR) is 73.8 cm³/mol. The fourth-order valence-corrected chi connectivity index (χ4v) is 1.96. The van der Waals surface area contributed by atoms with Crippen molar-refractivity contribution in [2.24, 2.45) is 0 Å². The van der Waals surface area contributed by atoms with Gasteiger partial charge in [-0.05, 0) is 30.2 Å². The lowest BCUT2D eigenvalue weighted by Gasteiger charge is -2.07. The molecule has 1 N–H and O–H groups in total. The highest BCUT2D eigenvalue weighted by Gasteiger charge is 2.27. The summed E-state index contributed by atoms with van der Waals surface area (Å²) in [7, 11) is 0. The molecule has 1 aliphatic rings. The Morgan fingerprint density at radius 2 is 2.00 bits per heavy atom. The van der Waals surface area contributed by atoms with Crippen molar-refractivity contribution in [1.29, 1.82) is 0 Å². The van der Waals surface area contributed by atoms with E-state index in [0.29, 0.717) is 5.69 Å². The van der Waals surface area contributed by atoms with E-state index in [-0.39, 0.29) is 12.3 Å². The molecule has 1 amide bonds. The molecule has 4 nitrogen and oxygen atoms in total. The van der Waals surface area contributed by atoms with E-state index in [9.17, 15) is 9.18 Å². The second-order valence-electron chi connectivity index (χ2n) is 4.47. The minimum absolute atomic E-state index is 0.0678. The first-order valence-electron chi connectivity index (χ1n) is 6.39. The number of benzene rings is 1. The van der Waals surface area contributed by atoms with Crippen molar-refractivity contribution in [3.8, 4) is 11.8 Å². The number of alkyl carbamates (subject to hydrolysis) is 1. The van der Waals surface area contributed by atoms with Gasteiger partial charge in [0.25, 0.3) is 0 Å². The summed E-state index contributed by atoms with van der Waals surface area (Å²) in [5.41, 5.74) is 1.43. The van der Waals surface area contributed by atoms with E-state index in [4.69, 9.17) is 4.74 Å². The van der Waals surface area contributed by atoms with Crippen LogP contribution in [0.2, 0.25) is 0 Å². The van der Waals surface area contributed by atoms with E-state index >= 15 is 0 Å². The lowest BCUT2D eigenvalue weighted by Crippen LogP contribution is -2.20. The van der Waals surface area contributed by atoms with Gasteiger partial charge in [0.15, 0.2) is 0 Å². The van der Waals surface area contributed by atoms with Gasteiger partial charge >= 0.3 is 6.09 Å². The Balaban J connectivity index is 1.88. The molecule has 2 aromatic rings. The quantitative estimate of drug-likeness (QED) is 0.817. The number of halogens is 1. The molecule has 21 heavy (non-hydrogen) atoms. The fourth-order valence-electron chi connectivity index (χ4n) is 1.96. The lowest BCUT2D eigenvalue weighted by molar-refractivity contribution is 0.176. The van der Waals surface area contributed by atoms with Crippen molar-refractivity contribution in [2.45, 2.75) is 6.04 Å². The van der Waals surface area contributed by atoms with Crippen molar-refractivity contribution in [3.05, 3.63) is 65.2 Å². The molecule has 0 radical (unpaired) electrons. The Labute approximate surface area is 121 Å². The highest BCUT2D eigenvalue weighted by Crippen LogP contribution is 2.19. The second kappa shape index (κ2) is 5.63. The SMILES string of the molecule is O=C1NC(c2nc(C#Cc3ccccc3)ccc2F)CO1. The first-order valence-corrected chi connectivity index (χ1v) is 6.39. The first kappa shape index (κ1) is 13.1. The van der Waals surface area contributed by atoms with Crippen LogP contribution < -0.4 is 5.32 Å². The van der Waals surface area contributed by atoms with E-state index in [1.165, 1.54) is 12.1 Å². The molecule has 5 heteroatoms. The lowest BCUT2D eigenvalue weighted by atomic mass is 10.1. The van der Waals surface area contributed by atoms with Gasteiger partial charge in [-0.25, -0.2) is 14.2 Å². The number of aromatic nitrogens is 1. The van der Waals surface area contributed by atoms with Gasteiger partial charge in [0.2, 0.25) is 0 Å². The van der Waals surface area contributed by atoms with E-state index in [2.05, 4.69) is 22.1 Å². The molecule has 1 unspecified atom stereocenters. The molecule has 1 fully saturated rings. The van der Waals surface area contributed by atoms with Crippen LogP contribution in [0.4, 0.5) is 9.18 Å². The highest BCUT2D eigenvalue weighted by atomic mass is 19.1. The van der Waals surface area contributed by atoms with Gasteiger partial charge in [-0.1, -0.05) is 24.1 Å². The van der Waals surface area contributed by atoms with Crippen LogP contribution >= 0.6 is 0 Å². The maximum Gasteiger partial charge on any atom is 0.407 e. The van der Waals surface area contributed by atoms with E-state index in [0.717, 1.165) is 5.56 Å². The molecule has 0 spiro atoms. The number of amides is 1. The second-order valence-corrected chi connectivity index (χ2v) is 4.47. The number of hydrogen-bond donors (Lipinski definition) is 1. The summed E-state index contributed by atoms with van der Waals surface area (Å²) < 4.78 is 18.5. The third-order valence-corrected chi connectivity index (χ3v) is 2.99. The topological polar surface area (TPSA) is 51.2 Å². The normalized spacial score (nSPS) is 16.6. The van der Waals surface area contributed by atoms with Gasteiger partial charge < -0.3 is 10.1 Å². The predicted octanol–water partition coefficient (Wildman–Crippen LogP) is 2.40. The maximum absolute atomic E-state index is 13.8. The number of hydrogen-bond acceptors (Lipinski definition) is 3. The molecule has 0 bridgehead atoms. The Morgan fingerprint density at radius 3 is 2.71 bits per heavy atom. The summed E-state index contributed by atoms with van der Waals surface area (Å²) in [6, 6.07) is 11.7. The highest BCUT2D eigenvalue weighted by molar-refractivity contribution is 5.69. The molecule has 0 saturated carbocycles. The molecule has 1 aliphatic heterocycles. The molecule has 2 heterocycles. The number of ether oxygens (including phenoxy) is 1. The van der Waals surface area contributed by atoms with Gasteiger partial charge in [-0.2, -0.15) is 0 Å². The van der Waals surface area contributed by atoms with Crippen molar-refractivity contribution in [2.75, 3.05) is 6.61 Å². The average Bonchev–Trinajstić information content (AvgIpc) is 2.94. The van der Waals surface area contributed by atoms with Gasteiger partial charge in [-0.3, -0.25) is 0 Å². The van der Waals surface area contributed by atoms with Gasteiger partial charge in [0.1, 0.15) is 29.9 Å². The number of rotatable bonds is 1. The zero-order chi connectivity index (χ0) is 14.7. The number of carbonyl (C=O) groups is 1. The minimum Gasteiger partial charge on any atom is -0.447 e. The van der Waals surface area contributed by atoms with Crippen molar-refractivity contribution in [1.82, 2.24) is 10.3 Å². The van der Waals surface area contributed by atoms with Crippen molar-refractivity contribution < 1.29 is 13.9 Å². The first-order chi connectivity index (χ1) is 10.2. The minimum atomic E-state index is -0.573. The van der Waals surface area contributed by atoms with E-state index in [1.807, 2.05) is 30.3 Å². The van der Waals surface area contributed by atoms with Crippen LogP contribution in [0.1, 0.15) is 23.0 Å². The summed E-state index contributed by atoms with van der Waals surface area (Å²) in [6.45, 7) is 0.0678. The van der Waals surface area contributed by atoms with Crippen LogP contribution in [0.25, 0.3) is 0 Å². The Kier molecular flexibility index (Phi) is 3.52. The average molecular weight is 282 g/mol. The van der Waals surface area contributed by atoms with Crippen LogP contribution in [-0.4, -0.2) is 17.7 Å². The summed E-state index contributed by atoms with van der Waals surface area (Å²) in [6.07, 6.45) is -0.568. The van der Waals surface area contributed by atoms with E-state index < -0.39 is 18.0 Å². The van der Waals surface area contributed by atoms with Crippen molar-refractivity contribution in [3.63, 3.8) is 0 Å².